The average molecular weight is 408 g/mol. The van der Waals surface area contributed by atoms with Crippen LogP contribution in [0.3, 0.4) is 0 Å². The molecule has 0 aliphatic carbocycles. The molecule has 1 aromatic carbocycles. The molecule has 0 atom stereocenters. The van der Waals surface area contributed by atoms with E-state index in [4.69, 9.17) is 0 Å². The molecular formula is C17H17N3O3S3. The predicted octanol–water partition coefficient (Wildman–Crippen LogP) is 2.69. The summed E-state index contributed by atoms with van der Waals surface area (Å²) in [5.41, 5.74) is 1.69. The highest BCUT2D eigenvalue weighted by Crippen LogP contribution is 2.35. The number of aromatic amines is 1. The van der Waals surface area contributed by atoms with E-state index in [0.29, 0.717) is 16.8 Å². The third kappa shape index (κ3) is 2.88. The van der Waals surface area contributed by atoms with Gasteiger partial charge < -0.3 is 4.98 Å². The fraction of sp³-hybridized carbons (Fsp3) is 0.294. The van der Waals surface area contributed by atoms with Crippen LogP contribution in [0, 0.1) is 0 Å². The molecule has 3 aromatic rings. The van der Waals surface area contributed by atoms with Crippen molar-refractivity contribution in [3.63, 3.8) is 0 Å². The van der Waals surface area contributed by atoms with Crippen molar-refractivity contribution in [1.82, 2.24) is 14.3 Å². The summed E-state index contributed by atoms with van der Waals surface area (Å²) in [4.78, 5) is 22.3. The first-order valence-corrected chi connectivity index (χ1v) is 11.4. The van der Waals surface area contributed by atoms with Gasteiger partial charge in [0.2, 0.25) is 10.0 Å². The number of aromatic nitrogens is 2. The molecule has 26 heavy (non-hydrogen) atoms. The predicted molar refractivity (Wildman–Crippen MR) is 106 cm³/mol. The van der Waals surface area contributed by atoms with E-state index in [1.165, 1.54) is 35.4 Å². The quantitative estimate of drug-likeness (QED) is 0.722. The fourth-order valence-electron chi connectivity index (χ4n) is 2.96. The van der Waals surface area contributed by atoms with Gasteiger partial charge in [-0.15, -0.1) is 11.3 Å². The van der Waals surface area contributed by atoms with Crippen molar-refractivity contribution in [3.05, 3.63) is 45.1 Å². The van der Waals surface area contributed by atoms with Crippen LogP contribution in [-0.4, -0.2) is 42.5 Å². The first-order valence-electron chi connectivity index (χ1n) is 8.03. The largest absolute Gasteiger partial charge is 0.306 e. The van der Waals surface area contributed by atoms with E-state index in [9.17, 15) is 13.2 Å². The van der Waals surface area contributed by atoms with Crippen LogP contribution >= 0.6 is 23.1 Å². The lowest BCUT2D eigenvalue weighted by Crippen LogP contribution is -2.22. The monoisotopic (exact) mass is 407 g/mol. The van der Waals surface area contributed by atoms with Gasteiger partial charge in [-0.25, -0.2) is 17.7 Å². The standard InChI is InChI=1S/C17H17N3O3S3/c1-20(2)26(22,23)11-5-3-10(4-6-11)15-18-16(21)14-12-7-8-24-9-13(12)25-17(14)19-15/h3-6H,7-9H2,1-2H3,(H,18,19,21). The molecule has 1 aliphatic rings. The van der Waals surface area contributed by atoms with Gasteiger partial charge in [0.15, 0.2) is 0 Å². The molecule has 4 rings (SSSR count). The topological polar surface area (TPSA) is 83.1 Å². The van der Waals surface area contributed by atoms with Gasteiger partial charge in [0.1, 0.15) is 10.7 Å². The van der Waals surface area contributed by atoms with Crippen molar-refractivity contribution in [3.8, 4) is 11.4 Å². The highest BCUT2D eigenvalue weighted by atomic mass is 32.2. The van der Waals surface area contributed by atoms with Gasteiger partial charge in [0, 0.05) is 30.3 Å². The number of hydrogen-bond donors (Lipinski definition) is 1. The van der Waals surface area contributed by atoms with Crippen LogP contribution < -0.4 is 5.56 Å². The van der Waals surface area contributed by atoms with Gasteiger partial charge in [0.25, 0.3) is 5.56 Å². The van der Waals surface area contributed by atoms with Crippen LogP contribution in [0.5, 0.6) is 0 Å². The molecule has 1 aliphatic heterocycles. The zero-order valence-electron chi connectivity index (χ0n) is 14.3. The minimum Gasteiger partial charge on any atom is -0.306 e. The number of benzene rings is 1. The Hall–Kier alpha value is -1.68. The Morgan fingerprint density at radius 2 is 1.92 bits per heavy atom. The molecular weight excluding hydrogens is 390 g/mol. The number of rotatable bonds is 3. The molecule has 0 bridgehead atoms. The van der Waals surface area contributed by atoms with E-state index in [1.54, 1.807) is 23.5 Å². The van der Waals surface area contributed by atoms with Crippen LogP contribution in [0.25, 0.3) is 21.6 Å². The van der Waals surface area contributed by atoms with E-state index in [1.807, 2.05) is 11.8 Å². The lowest BCUT2D eigenvalue weighted by atomic mass is 10.1. The number of nitrogens with one attached hydrogen (secondary N) is 1. The normalized spacial score (nSPS) is 14.7. The molecule has 2 aromatic heterocycles. The second-order valence-electron chi connectivity index (χ2n) is 6.21. The van der Waals surface area contributed by atoms with Crippen molar-refractivity contribution in [2.24, 2.45) is 0 Å². The third-order valence-corrected chi connectivity index (χ3v) is 8.50. The number of nitrogens with zero attached hydrogens (tertiary/aromatic N) is 2. The number of fused-ring (bicyclic) bond motifs is 3. The zero-order chi connectivity index (χ0) is 18.5. The first kappa shape index (κ1) is 17.7. The maximum atomic E-state index is 12.6. The van der Waals surface area contributed by atoms with Gasteiger partial charge in [-0.3, -0.25) is 4.79 Å². The molecule has 0 saturated carbocycles. The number of thiophene rings is 1. The van der Waals surface area contributed by atoms with Crippen LogP contribution in [0.15, 0.2) is 34.0 Å². The van der Waals surface area contributed by atoms with E-state index in [2.05, 4.69) is 9.97 Å². The average Bonchev–Trinajstić information content (AvgIpc) is 3.00. The Balaban J connectivity index is 1.79. The maximum Gasteiger partial charge on any atom is 0.260 e. The summed E-state index contributed by atoms with van der Waals surface area (Å²) in [5.74, 6) is 2.42. The lowest BCUT2D eigenvalue weighted by Gasteiger charge is -2.11. The minimum atomic E-state index is -3.48. The number of sulfonamides is 1. The van der Waals surface area contributed by atoms with Crippen LogP contribution in [0.1, 0.15) is 10.4 Å². The molecule has 136 valence electrons. The third-order valence-electron chi connectivity index (χ3n) is 4.38. The fourth-order valence-corrected chi connectivity index (χ4v) is 6.22. The molecule has 0 spiro atoms. The van der Waals surface area contributed by atoms with Crippen LogP contribution in [-0.2, 0) is 22.2 Å². The molecule has 3 heterocycles. The second-order valence-corrected chi connectivity index (χ2v) is 10.6. The highest BCUT2D eigenvalue weighted by molar-refractivity contribution is 7.98. The Morgan fingerprint density at radius 1 is 1.19 bits per heavy atom. The number of H-pyrrole nitrogens is 1. The lowest BCUT2D eigenvalue weighted by molar-refractivity contribution is 0.521. The summed E-state index contributed by atoms with van der Waals surface area (Å²) >= 11 is 3.45. The molecule has 9 heteroatoms. The summed E-state index contributed by atoms with van der Waals surface area (Å²) in [6.45, 7) is 0. The summed E-state index contributed by atoms with van der Waals surface area (Å²) < 4.78 is 25.5. The Bertz CT molecular complexity index is 1150. The Kier molecular flexibility index (Phi) is 4.42. The minimum absolute atomic E-state index is 0.126. The smallest absolute Gasteiger partial charge is 0.260 e. The number of aryl methyl sites for hydroxylation is 1. The van der Waals surface area contributed by atoms with E-state index in [-0.39, 0.29) is 10.5 Å². The van der Waals surface area contributed by atoms with Crippen LogP contribution in [0.2, 0.25) is 0 Å². The van der Waals surface area contributed by atoms with E-state index < -0.39 is 10.0 Å². The molecule has 0 radical (unpaired) electrons. The number of thioether (sulfide) groups is 1. The summed E-state index contributed by atoms with van der Waals surface area (Å²) in [7, 11) is -0.494. The molecule has 0 amide bonds. The van der Waals surface area contributed by atoms with Crippen molar-refractivity contribution in [1.29, 1.82) is 0 Å². The van der Waals surface area contributed by atoms with Crippen molar-refractivity contribution < 1.29 is 8.42 Å². The molecule has 0 unspecified atom stereocenters. The van der Waals surface area contributed by atoms with Gasteiger partial charge in [-0.1, -0.05) is 0 Å². The highest BCUT2D eigenvalue weighted by Gasteiger charge is 2.21. The van der Waals surface area contributed by atoms with E-state index in [0.717, 1.165) is 28.3 Å². The Morgan fingerprint density at radius 3 is 2.62 bits per heavy atom. The summed E-state index contributed by atoms with van der Waals surface area (Å²) in [6, 6.07) is 6.41. The number of hydrogen-bond acceptors (Lipinski definition) is 6. The SMILES string of the molecule is CN(C)S(=O)(=O)c1ccc(-c2nc3sc4c(c3c(=O)[nH]2)CCSC4)cc1. The van der Waals surface area contributed by atoms with Gasteiger partial charge >= 0.3 is 0 Å². The van der Waals surface area contributed by atoms with Gasteiger partial charge in [0.05, 0.1) is 10.3 Å². The van der Waals surface area contributed by atoms with Crippen molar-refractivity contribution >= 4 is 43.3 Å². The van der Waals surface area contributed by atoms with Crippen molar-refractivity contribution in [2.45, 2.75) is 17.1 Å². The second kappa shape index (κ2) is 6.49. The summed E-state index contributed by atoms with van der Waals surface area (Å²) in [5, 5.41) is 0.709. The summed E-state index contributed by atoms with van der Waals surface area (Å²) in [6.07, 6.45) is 0.904. The van der Waals surface area contributed by atoms with Crippen LogP contribution in [0.4, 0.5) is 0 Å². The van der Waals surface area contributed by atoms with Gasteiger partial charge in [-0.05, 0) is 42.0 Å². The molecule has 1 N–H and O–H groups in total. The first-order chi connectivity index (χ1) is 12.4. The Labute approximate surface area is 159 Å². The van der Waals surface area contributed by atoms with Crippen molar-refractivity contribution in [2.75, 3.05) is 19.8 Å². The van der Waals surface area contributed by atoms with Gasteiger partial charge in [-0.2, -0.15) is 11.8 Å². The maximum absolute atomic E-state index is 12.6. The molecule has 0 saturated heterocycles. The molecule has 6 nitrogen and oxygen atoms in total. The molecule has 0 fully saturated rings. The van der Waals surface area contributed by atoms with E-state index >= 15 is 0 Å². The zero-order valence-corrected chi connectivity index (χ0v) is 16.7.